The maximum absolute atomic E-state index is 12.6. The Hall–Kier alpha value is -2.37. The fraction of sp³-hybridized carbons (Fsp3) is 0.462. The van der Waals surface area contributed by atoms with Crippen molar-refractivity contribution in [2.24, 2.45) is 5.92 Å². The summed E-state index contributed by atoms with van der Waals surface area (Å²) in [6.45, 7) is 3.72. The maximum Gasteiger partial charge on any atom is 0.319 e. The topological polar surface area (TPSA) is 61.4 Å². The fourth-order valence-electron chi connectivity index (χ4n) is 5.11. The first-order chi connectivity index (χ1) is 15.5. The van der Waals surface area contributed by atoms with Crippen LogP contribution in [0.4, 0.5) is 10.5 Å². The number of carbonyl (C=O) groups excluding carboxylic acids is 2. The van der Waals surface area contributed by atoms with E-state index >= 15 is 0 Å². The molecule has 2 aromatic rings. The van der Waals surface area contributed by atoms with Gasteiger partial charge in [-0.15, -0.1) is 0 Å². The van der Waals surface area contributed by atoms with E-state index in [0.29, 0.717) is 23.2 Å². The molecule has 1 heterocycles. The van der Waals surface area contributed by atoms with Gasteiger partial charge >= 0.3 is 6.03 Å². The summed E-state index contributed by atoms with van der Waals surface area (Å²) in [4.78, 5) is 26.6. The van der Waals surface area contributed by atoms with Gasteiger partial charge in [0.15, 0.2) is 5.78 Å². The lowest BCUT2D eigenvalue weighted by molar-refractivity contribution is 0.101. The molecule has 0 bridgehead atoms. The van der Waals surface area contributed by atoms with Crippen molar-refractivity contribution < 1.29 is 9.59 Å². The molecule has 6 heteroatoms. The molecule has 32 heavy (non-hydrogen) atoms. The number of benzene rings is 2. The van der Waals surface area contributed by atoms with Gasteiger partial charge in [-0.05, 0) is 106 Å². The Morgan fingerprint density at radius 1 is 0.969 bits per heavy atom. The highest BCUT2D eigenvalue weighted by Gasteiger charge is 2.35. The Bertz CT molecular complexity index is 921. The zero-order valence-electron chi connectivity index (χ0n) is 18.6. The van der Waals surface area contributed by atoms with E-state index < -0.39 is 0 Å². The van der Waals surface area contributed by atoms with E-state index in [-0.39, 0.29) is 17.9 Å². The molecule has 2 fully saturated rings. The zero-order chi connectivity index (χ0) is 22.5. The second-order valence-electron chi connectivity index (χ2n) is 9.15. The standard InChI is InChI=1S/C26H32ClN3O2/c1-18(31)21-7-11-23(12-8-21)28-26(32)29-24-3-2-4-25(24)30-15-13-20(14-16-30)17-19-5-9-22(27)10-6-19/h5-12,20,24-25H,2-4,13-17H2,1H3,(H2,28,29,32). The van der Waals surface area contributed by atoms with E-state index in [4.69, 9.17) is 11.6 Å². The van der Waals surface area contributed by atoms with Crippen LogP contribution in [-0.2, 0) is 6.42 Å². The number of hydrogen-bond donors (Lipinski definition) is 2. The number of carbonyl (C=O) groups is 2. The quantitative estimate of drug-likeness (QED) is 0.564. The number of Topliss-reactive ketones (excluding diaryl/α,β-unsaturated/α-hetero) is 1. The predicted octanol–water partition coefficient (Wildman–Crippen LogP) is 5.54. The third-order valence-corrected chi connectivity index (χ3v) is 7.15. The van der Waals surface area contributed by atoms with E-state index in [1.807, 2.05) is 12.1 Å². The second-order valence-corrected chi connectivity index (χ2v) is 9.58. The molecule has 4 rings (SSSR count). The number of hydrogen-bond acceptors (Lipinski definition) is 3. The van der Waals surface area contributed by atoms with E-state index in [1.54, 1.807) is 24.3 Å². The minimum atomic E-state index is -0.171. The highest BCUT2D eigenvalue weighted by Crippen LogP contribution is 2.30. The highest BCUT2D eigenvalue weighted by molar-refractivity contribution is 6.30. The molecule has 1 saturated heterocycles. The van der Waals surface area contributed by atoms with Gasteiger partial charge in [-0.1, -0.05) is 23.7 Å². The lowest BCUT2D eigenvalue weighted by Crippen LogP contribution is -2.52. The molecule has 2 unspecified atom stereocenters. The Morgan fingerprint density at radius 3 is 2.31 bits per heavy atom. The number of halogens is 1. The number of likely N-dealkylation sites (tertiary alicyclic amines) is 1. The lowest BCUT2D eigenvalue weighted by atomic mass is 9.89. The van der Waals surface area contributed by atoms with Crippen molar-refractivity contribution in [2.75, 3.05) is 18.4 Å². The molecule has 5 nitrogen and oxygen atoms in total. The van der Waals surface area contributed by atoms with Crippen molar-refractivity contribution >= 4 is 29.1 Å². The molecule has 0 spiro atoms. The normalized spacial score (nSPS) is 21.9. The van der Waals surface area contributed by atoms with Crippen LogP contribution in [-0.4, -0.2) is 41.9 Å². The van der Waals surface area contributed by atoms with Gasteiger partial charge in [0, 0.05) is 28.4 Å². The Labute approximate surface area is 195 Å². The largest absolute Gasteiger partial charge is 0.334 e. The molecule has 0 aromatic heterocycles. The van der Waals surface area contributed by atoms with Crippen molar-refractivity contribution in [2.45, 2.75) is 57.5 Å². The maximum atomic E-state index is 12.6. The minimum Gasteiger partial charge on any atom is -0.334 e. The first-order valence-corrected chi connectivity index (χ1v) is 12.0. The van der Waals surface area contributed by atoms with E-state index in [0.717, 1.165) is 43.8 Å². The van der Waals surface area contributed by atoms with Gasteiger partial charge < -0.3 is 10.6 Å². The van der Waals surface area contributed by atoms with Crippen molar-refractivity contribution in [3.05, 3.63) is 64.7 Å². The number of ketones is 1. The summed E-state index contributed by atoms with van der Waals surface area (Å²) in [6.07, 6.45) is 6.81. The number of amides is 2. The summed E-state index contributed by atoms with van der Waals surface area (Å²) in [5, 5.41) is 6.90. The lowest BCUT2D eigenvalue weighted by Gasteiger charge is -2.38. The first kappa shape index (κ1) is 22.8. The van der Waals surface area contributed by atoms with Crippen LogP contribution in [0.5, 0.6) is 0 Å². The third kappa shape index (κ3) is 5.90. The molecule has 0 radical (unpaired) electrons. The second kappa shape index (κ2) is 10.5. The zero-order valence-corrected chi connectivity index (χ0v) is 19.4. The molecule has 2 N–H and O–H groups in total. The van der Waals surface area contributed by atoms with Crippen LogP contribution in [0, 0.1) is 5.92 Å². The first-order valence-electron chi connectivity index (χ1n) is 11.6. The Morgan fingerprint density at radius 2 is 1.66 bits per heavy atom. The summed E-state index contributed by atoms with van der Waals surface area (Å²) >= 11 is 6.01. The highest BCUT2D eigenvalue weighted by atomic mass is 35.5. The van der Waals surface area contributed by atoms with Crippen molar-refractivity contribution in [3.63, 3.8) is 0 Å². The molecule has 2 atom stereocenters. The van der Waals surface area contributed by atoms with Crippen molar-refractivity contribution in [3.8, 4) is 0 Å². The minimum absolute atomic E-state index is 0.0201. The summed E-state index contributed by atoms with van der Waals surface area (Å²) in [5.74, 6) is 0.730. The SMILES string of the molecule is CC(=O)c1ccc(NC(=O)NC2CCCC2N2CCC(Cc3ccc(Cl)cc3)CC2)cc1. The van der Waals surface area contributed by atoms with Gasteiger partial charge in [0.05, 0.1) is 0 Å². The van der Waals surface area contributed by atoms with Gasteiger partial charge in [0.25, 0.3) is 0 Å². The van der Waals surface area contributed by atoms with Gasteiger partial charge in [-0.3, -0.25) is 9.69 Å². The summed E-state index contributed by atoms with van der Waals surface area (Å²) < 4.78 is 0. The number of piperidine rings is 1. The summed E-state index contributed by atoms with van der Waals surface area (Å²) in [5.41, 5.74) is 2.71. The molecular weight excluding hydrogens is 422 g/mol. The van der Waals surface area contributed by atoms with Crippen LogP contribution in [0.1, 0.15) is 54.9 Å². The van der Waals surface area contributed by atoms with Gasteiger partial charge in [-0.2, -0.15) is 0 Å². The Balaban J connectivity index is 1.26. The molecule has 1 aliphatic carbocycles. The van der Waals surface area contributed by atoms with Crippen LogP contribution in [0.15, 0.2) is 48.5 Å². The molecule has 170 valence electrons. The molecule has 1 aliphatic heterocycles. The molecule has 2 aromatic carbocycles. The van der Waals surface area contributed by atoms with E-state index in [1.165, 1.54) is 25.3 Å². The van der Waals surface area contributed by atoms with Gasteiger partial charge in [0.2, 0.25) is 0 Å². The van der Waals surface area contributed by atoms with E-state index in [9.17, 15) is 9.59 Å². The average Bonchev–Trinajstić information content (AvgIpc) is 3.24. The molecular formula is C26H32ClN3O2. The van der Waals surface area contributed by atoms with Crippen molar-refractivity contribution in [1.82, 2.24) is 10.2 Å². The van der Waals surface area contributed by atoms with E-state index in [2.05, 4.69) is 27.7 Å². The van der Waals surface area contributed by atoms with Crippen LogP contribution >= 0.6 is 11.6 Å². The Kier molecular flexibility index (Phi) is 7.48. The number of anilines is 1. The van der Waals surface area contributed by atoms with Gasteiger partial charge in [0.1, 0.15) is 0 Å². The number of rotatable bonds is 6. The van der Waals surface area contributed by atoms with Crippen LogP contribution < -0.4 is 10.6 Å². The molecule has 1 saturated carbocycles. The summed E-state index contributed by atoms with van der Waals surface area (Å²) in [6, 6.07) is 15.7. The van der Waals surface area contributed by atoms with Gasteiger partial charge in [-0.25, -0.2) is 4.79 Å². The number of nitrogens with one attached hydrogen (secondary N) is 2. The molecule has 2 aliphatic rings. The fourth-order valence-corrected chi connectivity index (χ4v) is 5.24. The monoisotopic (exact) mass is 453 g/mol. The van der Waals surface area contributed by atoms with Crippen molar-refractivity contribution in [1.29, 1.82) is 0 Å². The number of urea groups is 1. The number of nitrogens with zero attached hydrogens (tertiary/aromatic N) is 1. The smallest absolute Gasteiger partial charge is 0.319 e. The average molecular weight is 454 g/mol. The summed E-state index contributed by atoms with van der Waals surface area (Å²) in [7, 11) is 0. The third-order valence-electron chi connectivity index (χ3n) is 6.90. The van der Waals surface area contributed by atoms with Crippen LogP contribution in [0.2, 0.25) is 5.02 Å². The van der Waals surface area contributed by atoms with Crippen LogP contribution in [0.25, 0.3) is 0 Å². The van der Waals surface area contributed by atoms with Crippen LogP contribution in [0.3, 0.4) is 0 Å². The molecule has 2 amide bonds. The predicted molar refractivity (Wildman–Crippen MR) is 129 cm³/mol.